The number of hydrogen-bond donors (Lipinski definition) is 3. The maximum atomic E-state index is 12.0. The first-order valence-corrected chi connectivity index (χ1v) is 6.21. The number of rotatable bonds is 7. The number of amides is 1. The highest BCUT2D eigenvalue weighted by molar-refractivity contribution is 5.88. The maximum absolute atomic E-state index is 12.0. The lowest BCUT2D eigenvalue weighted by Gasteiger charge is -2.17. The number of hydrogen-bond acceptors (Lipinski definition) is 3. The van der Waals surface area contributed by atoms with Gasteiger partial charge in [0.1, 0.15) is 6.04 Å². The number of carbonyl (C=O) groups excluding carboxylic acids is 1. The minimum Gasteiger partial charge on any atom is -0.481 e. The van der Waals surface area contributed by atoms with E-state index in [4.69, 9.17) is 10.2 Å². The van der Waals surface area contributed by atoms with Crippen LogP contribution in [0.4, 0.5) is 0 Å². The Hall–Kier alpha value is -2.37. The fraction of sp³-hybridized carbons (Fsp3) is 0.357. The molecule has 6 nitrogen and oxygen atoms in total. The van der Waals surface area contributed by atoms with E-state index in [0.29, 0.717) is 0 Å². The zero-order chi connectivity index (χ0) is 15.1. The number of carboxylic acid groups (broad SMARTS) is 2. The zero-order valence-corrected chi connectivity index (χ0v) is 11.1. The molecular formula is C14H17NO5. The number of carbonyl (C=O) groups is 3. The molecule has 20 heavy (non-hydrogen) atoms. The topological polar surface area (TPSA) is 104 Å². The van der Waals surface area contributed by atoms with Gasteiger partial charge in [-0.15, -0.1) is 0 Å². The first-order valence-electron chi connectivity index (χ1n) is 6.21. The lowest BCUT2D eigenvalue weighted by atomic mass is 10.00. The van der Waals surface area contributed by atoms with E-state index >= 15 is 0 Å². The molecule has 1 unspecified atom stereocenters. The smallest absolute Gasteiger partial charge is 0.326 e. The molecule has 1 aromatic carbocycles. The van der Waals surface area contributed by atoms with E-state index < -0.39 is 29.8 Å². The Labute approximate surface area is 116 Å². The zero-order valence-electron chi connectivity index (χ0n) is 11.1. The highest BCUT2D eigenvalue weighted by Gasteiger charge is 2.24. The van der Waals surface area contributed by atoms with E-state index in [0.717, 1.165) is 5.56 Å². The monoisotopic (exact) mass is 279 g/mol. The Morgan fingerprint density at radius 1 is 1.15 bits per heavy atom. The Balaban J connectivity index is 2.66. The van der Waals surface area contributed by atoms with E-state index in [1.165, 1.54) is 0 Å². The third-order valence-electron chi connectivity index (χ3n) is 2.95. The second-order valence-electron chi connectivity index (χ2n) is 4.46. The van der Waals surface area contributed by atoms with Gasteiger partial charge in [0.05, 0.1) is 5.92 Å². The van der Waals surface area contributed by atoms with Gasteiger partial charge in [-0.1, -0.05) is 30.3 Å². The molecule has 0 aliphatic rings. The van der Waals surface area contributed by atoms with Crippen LogP contribution in [0.15, 0.2) is 30.3 Å². The van der Waals surface area contributed by atoms with Crippen molar-refractivity contribution in [1.29, 1.82) is 0 Å². The first kappa shape index (κ1) is 15.7. The molecule has 1 amide bonds. The lowest BCUT2D eigenvalue weighted by molar-refractivity contribution is -0.143. The molecular weight excluding hydrogens is 262 g/mol. The average molecular weight is 279 g/mol. The molecule has 2 atom stereocenters. The van der Waals surface area contributed by atoms with Crippen LogP contribution in [-0.4, -0.2) is 34.1 Å². The van der Waals surface area contributed by atoms with Crippen LogP contribution in [-0.2, 0) is 14.4 Å². The molecule has 0 saturated carbocycles. The summed E-state index contributed by atoms with van der Waals surface area (Å²) >= 11 is 0. The third kappa shape index (κ3) is 4.72. The molecule has 0 heterocycles. The van der Waals surface area contributed by atoms with Crippen LogP contribution in [0.3, 0.4) is 0 Å². The van der Waals surface area contributed by atoms with Crippen molar-refractivity contribution < 1.29 is 24.6 Å². The van der Waals surface area contributed by atoms with Gasteiger partial charge in [0.15, 0.2) is 0 Å². The van der Waals surface area contributed by atoms with Crippen LogP contribution >= 0.6 is 0 Å². The molecule has 1 rings (SSSR count). The highest BCUT2D eigenvalue weighted by atomic mass is 16.4. The highest BCUT2D eigenvalue weighted by Crippen LogP contribution is 2.15. The van der Waals surface area contributed by atoms with Gasteiger partial charge in [0, 0.05) is 6.42 Å². The molecule has 3 N–H and O–H groups in total. The van der Waals surface area contributed by atoms with Gasteiger partial charge in [0.2, 0.25) is 5.91 Å². The number of aliphatic carboxylic acids is 2. The molecule has 0 aliphatic carbocycles. The van der Waals surface area contributed by atoms with Gasteiger partial charge in [-0.05, 0) is 18.9 Å². The average Bonchev–Trinajstić information content (AvgIpc) is 2.42. The van der Waals surface area contributed by atoms with Crippen LogP contribution in [0.2, 0.25) is 0 Å². The Bertz CT molecular complexity index is 486. The molecule has 0 spiro atoms. The van der Waals surface area contributed by atoms with E-state index in [2.05, 4.69) is 5.32 Å². The molecule has 0 aromatic heterocycles. The second kappa shape index (κ2) is 7.28. The summed E-state index contributed by atoms with van der Waals surface area (Å²) in [7, 11) is 0. The molecule has 0 fully saturated rings. The van der Waals surface area contributed by atoms with Crippen LogP contribution in [0, 0.1) is 0 Å². The summed E-state index contributed by atoms with van der Waals surface area (Å²) in [6.07, 6.45) is -0.450. The summed E-state index contributed by atoms with van der Waals surface area (Å²) in [4.78, 5) is 33.4. The summed E-state index contributed by atoms with van der Waals surface area (Å²) in [5, 5.41) is 19.9. The van der Waals surface area contributed by atoms with Crippen molar-refractivity contribution in [3.05, 3.63) is 35.9 Å². The maximum Gasteiger partial charge on any atom is 0.326 e. The SMILES string of the molecule is CC(C(=O)N[C@@H](CCC(=O)O)C(=O)O)c1ccccc1. The van der Waals surface area contributed by atoms with Crippen molar-refractivity contribution in [3.63, 3.8) is 0 Å². The molecule has 0 bridgehead atoms. The van der Waals surface area contributed by atoms with Crippen LogP contribution in [0.25, 0.3) is 0 Å². The standard InChI is InChI=1S/C14H17NO5/c1-9(10-5-3-2-4-6-10)13(18)15-11(14(19)20)7-8-12(16)17/h2-6,9,11H,7-8H2,1H3,(H,15,18)(H,16,17)(H,19,20)/t9?,11-/m0/s1. The molecule has 6 heteroatoms. The summed E-state index contributed by atoms with van der Waals surface area (Å²) < 4.78 is 0. The predicted octanol–water partition coefficient (Wildman–Crippen LogP) is 1.22. The lowest BCUT2D eigenvalue weighted by Crippen LogP contribution is -2.42. The fourth-order valence-corrected chi connectivity index (χ4v) is 1.72. The van der Waals surface area contributed by atoms with Gasteiger partial charge >= 0.3 is 11.9 Å². The molecule has 0 aliphatic heterocycles. The van der Waals surface area contributed by atoms with Crippen LogP contribution < -0.4 is 5.32 Å². The van der Waals surface area contributed by atoms with Gasteiger partial charge in [0.25, 0.3) is 0 Å². The first-order chi connectivity index (χ1) is 9.41. The third-order valence-corrected chi connectivity index (χ3v) is 2.95. The van der Waals surface area contributed by atoms with Crippen molar-refractivity contribution in [1.82, 2.24) is 5.32 Å². The molecule has 0 radical (unpaired) electrons. The number of nitrogens with one attached hydrogen (secondary N) is 1. The van der Waals surface area contributed by atoms with Crippen molar-refractivity contribution in [3.8, 4) is 0 Å². The summed E-state index contributed by atoms with van der Waals surface area (Å²) in [5.74, 6) is -3.27. The number of carboxylic acids is 2. The molecule has 1 aromatic rings. The van der Waals surface area contributed by atoms with Gasteiger partial charge in [-0.2, -0.15) is 0 Å². The van der Waals surface area contributed by atoms with Crippen molar-refractivity contribution in [2.45, 2.75) is 31.7 Å². The Morgan fingerprint density at radius 2 is 1.75 bits per heavy atom. The van der Waals surface area contributed by atoms with Crippen LogP contribution in [0.5, 0.6) is 0 Å². The van der Waals surface area contributed by atoms with Crippen LogP contribution in [0.1, 0.15) is 31.2 Å². The van der Waals surface area contributed by atoms with E-state index in [9.17, 15) is 14.4 Å². The van der Waals surface area contributed by atoms with Crippen molar-refractivity contribution in [2.75, 3.05) is 0 Å². The van der Waals surface area contributed by atoms with E-state index in [1.54, 1.807) is 31.2 Å². The van der Waals surface area contributed by atoms with E-state index in [1.807, 2.05) is 6.07 Å². The Morgan fingerprint density at radius 3 is 2.25 bits per heavy atom. The molecule has 0 saturated heterocycles. The van der Waals surface area contributed by atoms with Gasteiger partial charge in [-0.3, -0.25) is 9.59 Å². The Kier molecular flexibility index (Phi) is 5.71. The molecule has 108 valence electrons. The summed E-state index contributed by atoms with van der Waals surface area (Å²) in [6.45, 7) is 1.67. The minimum atomic E-state index is -1.24. The van der Waals surface area contributed by atoms with E-state index in [-0.39, 0.29) is 12.8 Å². The van der Waals surface area contributed by atoms with Crippen molar-refractivity contribution in [2.24, 2.45) is 0 Å². The largest absolute Gasteiger partial charge is 0.481 e. The van der Waals surface area contributed by atoms with Gasteiger partial charge in [-0.25, -0.2) is 4.79 Å². The fourth-order valence-electron chi connectivity index (χ4n) is 1.72. The minimum absolute atomic E-state index is 0.141. The summed E-state index contributed by atoms with van der Waals surface area (Å²) in [5.41, 5.74) is 0.771. The number of benzene rings is 1. The normalized spacial score (nSPS) is 13.2. The van der Waals surface area contributed by atoms with Gasteiger partial charge < -0.3 is 15.5 Å². The summed E-state index contributed by atoms with van der Waals surface area (Å²) in [6, 6.07) is 7.76. The predicted molar refractivity (Wildman–Crippen MR) is 71.3 cm³/mol. The quantitative estimate of drug-likeness (QED) is 0.696. The van der Waals surface area contributed by atoms with Crippen molar-refractivity contribution >= 4 is 17.8 Å². The second-order valence-corrected chi connectivity index (χ2v) is 4.46.